The second kappa shape index (κ2) is 4.89. The predicted octanol–water partition coefficient (Wildman–Crippen LogP) is -1.33. The van der Waals surface area contributed by atoms with Crippen LogP contribution in [0.4, 0.5) is 4.79 Å². The van der Waals surface area contributed by atoms with Crippen LogP contribution < -0.4 is 10.9 Å². The van der Waals surface area contributed by atoms with Crippen molar-refractivity contribution in [1.29, 1.82) is 0 Å². The molecular formula is C10H18N4O4S. The number of hydrazine groups is 1. The van der Waals surface area contributed by atoms with Crippen molar-refractivity contribution in [2.75, 3.05) is 32.8 Å². The summed E-state index contributed by atoms with van der Waals surface area (Å²) in [6, 6.07) is -0.244. The SMILES string of the molecule is O=C1NNC2C(S(=O)(=O)N3CCOCC3)CCCN12. The first-order chi connectivity index (χ1) is 9.10. The normalized spacial score (nSPS) is 33.1. The maximum Gasteiger partial charge on any atom is 0.333 e. The standard InChI is InChI=1S/C10H18N4O4S/c15-10-12-11-9-8(2-1-3-14(9)10)19(16,17)13-4-6-18-7-5-13/h8-9,11H,1-7H2,(H,12,15). The van der Waals surface area contributed by atoms with Gasteiger partial charge in [-0.25, -0.2) is 18.6 Å². The van der Waals surface area contributed by atoms with Crippen molar-refractivity contribution in [3.8, 4) is 0 Å². The Morgan fingerprint density at radius 3 is 2.68 bits per heavy atom. The number of ether oxygens (including phenoxy) is 1. The van der Waals surface area contributed by atoms with Gasteiger partial charge in [0.05, 0.1) is 13.2 Å². The van der Waals surface area contributed by atoms with Crippen LogP contribution in [0.25, 0.3) is 0 Å². The van der Waals surface area contributed by atoms with E-state index < -0.39 is 21.4 Å². The number of urea groups is 1. The van der Waals surface area contributed by atoms with E-state index >= 15 is 0 Å². The zero-order valence-electron chi connectivity index (χ0n) is 10.5. The second-order valence-corrected chi connectivity index (χ2v) is 7.10. The summed E-state index contributed by atoms with van der Waals surface area (Å²) in [5.41, 5.74) is 5.29. The second-order valence-electron chi connectivity index (χ2n) is 4.95. The molecule has 3 saturated heterocycles. The maximum absolute atomic E-state index is 12.7. The first kappa shape index (κ1) is 13.1. The zero-order chi connectivity index (χ0) is 13.5. The third kappa shape index (κ3) is 2.20. The van der Waals surface area contributed by atoms with Gasteiger partial charge in [0.1, 0.15) is 11.4 Å². The topological polar surface area (TPSA) is 91.0 Å². The van der Waals surface area contributed by atoms with Crippen LogP contribution in [0.2, 0.25) is 0 Å². The van der Waals surface area contributed by atoms with Gasteiger partial charge in [-0.05, 0) is 12.8 Å². The summed E-state index contributed by atoms with van der Waals surface area (Å²) in [7, 11) is -3.41. The number of amides is 2. The maximum atomic E-state index is 12.7. The van der Waals surface area contributed by atoms with Crippen molar-refractivity contribution < 1.29 is 17.9 Å². The summed E-state index contributed by atoms with van der Waals surface area (Å²) in [4.78, 5) is 13.1. The molecular weight excluding hydrogens is 272 g/mol. The molecule has 2 unspecified atom stereocenters. The van der Waals surface area contributed by atoms with Gasteiger partial charge in [-0.2, -0.15) is 4.31 Å². The Balaban J connectivity index is 1.81. The highest BCUT2D eigenvalue weighted by molar-refractivity contribution is 7.89. The third-order valence-corrected chi connectivity index (χ3v) is 6.22. The molecule has 0 aromatic heterocycles. The van der Waals surface area contributed by atoms with Gasteiger partial charge in [0.15, 0.2) is 0 Å². The van der Waals surface area contributed by atoms with Crippen LogP contribution in [-0.4, -0.2) is 67.9 Å². The number of carbonyl (C=O) groups is 1. The molecule has 0 aromatic carbocycles. The Hall–Kier alpha value is -0.900. The van der Waals surface area contributed by atoms with E-state index in [9.17, 15) is 13.2 Å². The Morgan fingerprint density at radius 2 is 1.95 bits per heavy atom. The van der Waals surface area contributed by atoms with Gasteiger partial charge in [0.25, 0.3) is 0 Å². The van der Waals surface area contributed by atoms with Crippen molar-refractivity contribution in [2.24, 2.45) is 0 Å². The summed E-state index contributed by atoms with van der Waals surface area (Å²) in [6.07, 6.45) is 0.817. The van der Waals surface area contributed by atoms with E-state index in [0.29, 0.717) is 45.7 Å². The number of fused-ring (bicyclic) bond motifs is 1. The summed E-state index contributed by atoms with van der Waals surface area (Å²) in [5.74, 6) is 0. The average Bonchev–Trinajstić information content (AvgIpc) is 2.81. The largest absolute Gasteiger partial charge is 0.379 e. The molecule has 2 N–H and O–H groups in total. The lowest BCUT2D eigenvalue weighted by atomic mass is 10.1. The van der Waals surface area contributed by atoms with E-state index in [4.69, 9.17) is 4.74 Å². The molecule has 3 fully saturated rings. The Kier molecular flexibility index (Phi) is 3.37. The minimum Gasteiger partial charge on any atom is -0.379 e. The molecule has 2 atom stereocenters. The lowest BCUT2D eigenvalue weighted by Gasteiger charge is -2.38. The quantitative estimate of drug-likeness (QED) is 0.657. The summed E-state index contributed by atoms with van der Waals surface area (Å²) < 4.78 is 32.0. The number of sulfonamides is 1. The van der Waals surface area contributed by atoms with Gasteiger partial charge < -0.3 is 9.64 Å². The van der Waals surface area contributed by atoms with E-state index in [0.717, 1.165) is 0 Å². The van der Waals surface area contributed by atoms with Crippen LogP contribution in [0, 0.1) is 0 Å². The highest BCUT2D eigenvalue weighted by Gasteiger charge is 2.47. The van der Waals surface area contributed by atoms with E-state index in [-0.39, 0.29) is 6.03 Å². The highest BCUT2D eigenvalue weighted by Crippen LogP contribution is 2.26. The van der Waals surface area contributed by atoms with Crippen molar-refractivity contribution in [3.05, 3.63) is 0 Å². The van der Waals surface area contributed by atoms with Gasteiger partial charge in [-0.15, -0.1) is 0 Å². The van der Waals surface area contributed by atoms with Crippen LogP contribution in [0.1, 0.15) is 12.8 Å². The zero-order valence-corrected chi connectivity index (χ0v) is 11.4. The van der Waals surface area contributed by atoms with Gasteiger partial charge in [-0.3, -0.25) is 5.43 Å². The van der Waals surface area contributed by atoms with Crippen molar-refractivity contribution in [1.82, 2.24) is 20.1 Å². The third-order valence-electron chi connectivity index (χ3n) is 3.88. The van der Waals surface area contributed by atoms with Crippen LogP contribution in [0.5, 0.6) is 0 Å². The van der Waals surface area contributed by atoms with E-state index in [1.54, 1.807) is 4.90 Å². The average molecular weight is 290 g/mol. The van der Waals surface area contributed by atoms with Crippen molar-refractivity contribution in [2.45, 2.75) is 24.3 Å². The number of piperidine rings is 1. The molecule has 3 aliphatic heterocycles. The number of nitrogens with zero attached hydrogens (tertiary/aromatic N) is 2. The van der Waals surface area contributed by atoms with Crippen LogP contribution in [0.15, 0.2) is 0 Å². The summed E-state index contributed by atoms with van der Waals surface area (Å²) >= 11 is 0. The number of hydrogen-bond acceptors (Lipinski definition) is 5. The molecule has 3 aliphatic rings. The summed E-state index contributed by atoms with van der Waals surface area (Å²) in [6.45, 7) is 2.26. The first-order valence-electron chi connectivity index (χ1n) is 6.49. The number of hydrogen-bond donors (Lipinski definition) is 2. The van der Waals surface area contributed by atoms with Crippen molar-refractivity contribution in [3.63, 3.8) is 0 Å². The fourth-order valence-electron chi connectivity index (χ4n) is 2.87. The van der Waals surface area contributed by atoms with Gasteiger partial charge in [-0.1, -0.05) is 0 Å². The monoisotopic (exact) mass is 290 g/mol. The molecule has 3 rings (SSSR count). The minimum absolute atomic E-state index is 0.244. The van der Waals surface area contributed by atoms with Crippen molar-refractivity contribution >= 4 is 16.1 Å². The van der Waals surface area contributed by atoms with Crippen LogP contribution in [-0.2, 0) is 14.8 Å². The molecule has 2 amide bonds. The first-order valence-corrected chi connectivity index (χ1v) is 8.00. The van der Waals surface area contributed by atoms with Gasteiger partial charge in [0, 0.05) is 19.6 Å². The molecule has 0 aromatic rings. The van der Waals surface area contributed by atoms with E-state index in [1.165, 1.54) is 4.31 Å². The lowest BCUT2D eigenvalue weighted by molar-refractivity contribution is 0.0714. The van der Waals surface area contributed by atoms with Crippen LogP contribution in [0.3, 0.4) is 0 Å². The molecule has 8 nitrogen and oxygen atoms in total. The fraction of sp³-hybridized carbons (Fsp3) is 0.900. The Bertz CT molecular complexity index is 462. The van der Waals surface area contributed by atoms with Gasteiger partial charge in [0.2, 0.25) is 10.0 Å². The lowest BCUT2D eigenvalue weighted by Crippen LogP contribution is -2.57. The highest BCUT2D eigenvalue weighted by atomic mass is 32.2. The molecule has 9 heteroatoms. The molecule has 0 radical (unpaired) electrons. The van der Waals surface area contributed by atoms with E-state index in [1.807, 2.05) is 0 Å². The molecule has 3 heterocycles. The Morgan fingerprint density at radius 1 is 1.21 bits per heavy atom. The number of nitrogens with one attached hydrogen (secondary N) is 2. The predicted molar refractivity (Wildman–Crippen MR) is 66.5 cm³/mol. The number of rotatable bonds is 2. The van der Waals surface area contributed by atoms with Crippen LogP contribution >= 0.6 is 0 Å². The molecule has 0 bridgehead atoms. The molecule has 108 valence electrons. The number of carbonyl (C=O) groups excluding carboxylic acids is 1. The molecule has 0 spiro atoms. The summed E-state index contributed by atoms with van der Waals surface area (Å²) in [5, 5.41) is -0.585. The van der Waals surface area contributed by atoms with E-state index in [2.05, 4.69) is 10.9 Å². The molecule has 0 saturated carbocycles. The minimum atomic E-state index is -3.41. The fourth-order valence-corrected chi connectivity index (χ4v) is 4.92. The molecule has 0 aliphatic carbocycles. The Labute approximate surface area is 112 Å². The number of morpholine rings is 1. The van der Waals surface area contributed by atoms with Gasteiger partial charge >= 0.3 is 6.03 Å². The smallest absolute Gasteiger partial charge is 0.333 e. The molecule has 19 heavy (non-hydrogen) atoms.